The van der Waals surface area contributed by atoms with E-state index < -0.39 is 0 Å². The Kier molecular flexibility index (Phi) is 3.84. The standard InChI is InChI=1S/C14H9BrClN3OS/c15-8-2-3-9(16)11(6-8)18-13(20)7-1-4-10-12(5-7)21-14(17)19-10/h1-6H,(H2,17,19)(H,18,20). The van der Waals surface area contributed by atoms with Crippen molar-refractivity contribution in [3.05, 3.63) is 51.5 Å². The summed E-state index contributed by atoms with van der Waals surface area (Å²) in [6.45, 7) is 0. The van der Waals surface area contributed by atoms with E-state index >= 15 is 0 Å². The molecule has 0 saturated heterocycles. The number of halogens is 2. The number of carbonyl (C=O) groups excluding carboxylic acids is 1. The number of benzene rings is 2. The zero-order valence-corrected chi connectivity index (χ0v) is 13.7. The number of fused-ring (bicyclic) bond motifs is 1. The molecule has 0 atom stereocenters. The average molecular weight is 383 g/mol. The molecule has 7 heteroatoms. The number of nitrogens with one attached hydrogen (secondary N) is 1. The molecule has 0 spiro atoms. The van der Waals surface area contributed by atoms with Gasteiger partial charge in [-0.25, -0.2) is 4.98 Å². The molecule has 106 valence electrons. The van der Waals surface area contributed by atoms with Gasteiger partial charge in [-0.2, -0.15) is 0 Å². The highest BCUT2D eigenvalue weighted by molar-refractivity contribution is 9.10. The van der Waals surface area contributed by atoms with Crippen molar-refractivity contribution in [2.75, 3.05) is 11.1 Å². The number of amides is 1. The predicted octanol–water partition coefficient (Wildman–Crippen LogP) is 4.55. The van der Waals surface area contributed by atoms with Gasteiger partial charge >= 0.3 is 0 Å². The fourth-order valence-corrected chi connectivity index (χ4v) is 3.17. The summed E-state index contributed by atoms with van der Waals surface area (Å²) >= 11 is 10.8. The summed E-state index contributed by atoms with van der Waals surface area (Å²) < 4.78 is 1.72. The molecule has 21 heavy (non-hydrogen) atoms. The average Bonchev–Trinajstić information content (AvgIpc) is 2.81. The van der Waals surface area contributed by atoms with E-state index in [1.165, 1.54) is 11.3 Å². The van der Waals surface area contributed by atoms with Gasteiger partial charge in [-0.3, -0.25) is 4.79 Å². The summed E-state index contributed by atoms with van der Waals surface area (Å²) in [7, 11) is 0. The van der Waals surface area contributed by atoms with Crippen LogP contribution in [0.15, 0.2) is 40.9 Å². The van der Waals surface area contributed by atoms with Crippen LogP contribution >= 0.6 is 38.9 Å². The molecular formula is C14H9BrClN3OS. The third-order valence-electron chi connectivity index (χ3n) is 2.84. The highest BCUT2D eigenvalue weighted by Gasteiger charge is 2.11. The summed E-state index contributed by atoms with van der Waals surface area (Å²) in [6.07, 6.45) is 0. The normalized spacial score (nSPS) is 10.8. The number of thiazole rings is 1. The molecule has 0 aliphatic rings. The second-order valence-electron chi connectivity index (χ2n) is 4.31. The topological polar surface area (TPSA) is 68.0 Å². The fraction of sp³-hybridized carbons (Fsp3) is 0. The molecule has 1 aromatic heterocycles. The number of nitrogens with two attached hydrogens (primary N) is 1. The largest absolute Gasteiger partial charge is 0.375 e. The zero-order chi connectivity index (χ0) is 15.0. The quantitative estimate of drug-likeness (QED) is 0.683. The van der Waals surface area contributed by atoms with Crippen molar-refractivity contribution >= 4 is 65.8 Å². The second kappa shape index (κ2) is 5.63. The van der Waals surface area contributed by atoms with Crippen molar-refractivity contribution in [2.24, 2.45) is 0 Å². The van der Waals surface area contributed by atoms with Crippen LogP contribution in [0.5, 0.6) is 0 Å². The molecule has 0 fully saturated rings. The molecule has 0 saturated carbocycles. The van der Waals surface area contributed by atoms with Crippen molar-refractivity contribution in [3.8, 4) is 0 Å². The Balaban J connectivity index is 1.91. The minimum atomic E-state index is -0.233. The Bertz CT molecular complexity index is 849. The maximum Gasteiger partial charge on any atom is 0.255 e. The van der Waals surface area contributed by atoms with Gasteiger partial charge < -0.3 is 11.1 Å². The molecule has 1 amide bonds. The van der Waals surface area contributed by atoms with Crippen LogP contribution in [0, 0.1) is 0 Å². The third-order valence-corrected chi connectivity index (χ3v) is 4.51. The lowest BCUT2D eigenvalue weighted by Gasteiger charge is -2.07. The first kappa shape index (κ1) is 14.3. The van der Waals surface area contributed by atoms with Gasteiger partial charge in [0.25, 0.3) is 5.91 Å². The summed E-state index contributed by atoms with van der Waals surface area (Å²) in [5.41, 5.74) is 7.53. The number of carbonyl (C=O) groups is 1. The number of anilines is 2. The third kappa shape index (κ3) is 3.02. The number of rotatable bonds is 2. The van der Waals surface area contributed by atoms with Crippen LogP contribution < -0.4 is 11.1 Å². The molecular weight excluding hydrogens is 374 g/mol. The molecule has 0 aliphatic carbocycles. The van der Waals surface area contributed by atoms with Gasteiger partial charge in [0.15, 0.2) is 5.13 Å². The number of nitrogens with zero attached hydrogens (tertiary/aromatic N) is 1. The van der Waals surface area contributed by atoms with E-state index in [9.17, 15) is 4.79 Å². The Labute approximate surface area is 138 Å². The Morgan fingerprint density at radius 2 is 2.10 bits per heavy atom. The number of nitrogen functional groups attached to an aromatic ring is 1. The van der Waals surface area contributed by atoms with Gasteiger partial charge in [-0.15, -0.1) is 0 Å². The van der Waals surface area contributed by atoms with Gasteiger partial charge in [0.1, 0.15) is 0 Å². The highest BCUT2D eigenvalue weighted by Crippen LogP contribution is 2.28. The first-order valence-electron chi connectivity index (χ1n) is 5.95. The lowest BCUT2D eigenvalue weighted by atomic mass is 10.2. The Hall–Kier alpha value is -1.63. The molecule has 0 bridgehead atoms. The van der Waals surface area contributed by atoms with E-state index in [4.69, 9.17) is 17.3 Å². The molecule has 3 aromatic rings. The molecule has 3 N–H and O–H groups in total. The molecule has 3 rings (SSSR count). The van der Waals surface area contributed by atoms with Crippen molar-refractivity contribution in [1.82, 2.24) is 4.98 Å². The van der Waals surface area contributed by atoms with Crippen LogP contribution in [0.4, 0.5) is 10.8 Å². The summed E-state index contributed by atoms with van der Waals surface area (Å²) in [5, 5.41) is 3.76. The molecule has 4 nitrogen and oxygen atoms in total. The first-order chi connectivity index (χ1) is 10.0. The SMILES string of the molecule is Nc1nc2ccc(C(=O)Nc3cc(Br)ccc3Cl)cc2s1. The summed E-state index contributed by atoms with van der Waals surface area (Å²) in [4.78, 5) is 16.5. The van der Waals surface area contributed by atoms with Crippen LogP contribution in [0.25, 0.3) is 10.2 Å². The predicted molar refractivity (Wildman–Crippen MR) is 91.1 cm³/mol. The number of aromatic nitrogens is 1. The van der Waals surface area contributed by atoms with Crippen molar-refractivity contribution in [2.45, 2.75) is 0 Å². The Morgan fingerprint density at radius 1 is 1.29 bits per heavy atom. The maximum atomic E-state index is 12.3. The highest BCUT2D eigenvalue weighted by atomic mass is 79.9. The van der Waals surface area contributed by atoms with E-state index in [1.807, 2.05) is 6.07 Å². The van der Waals surface area contributed by atoms with Gasteiger partial charge in [0.05, 0.1) is 20.9 Å². The smallest absolute Gasteiger partial charge is 0.255 e. The van der Waals surface area contributed by atoms with Crippen molar-refractivity contribution in [3.63, 3.8) is 0 Å². The lowest BCUT2D eigenvalue weighted by molar-refractivity contribution is 0.102. The van der Waals surface area contributed by atoms with Crippen molar-refractivity contribution in [1.29, 1.82) is 0 Å². The van der Waals surface area contributed by atoms with E-state index in [0.29, 0.717) is 21.4 Å². The van der Waals surface area contributed by atoms with Crippen LogP contribution in [-0.4, -0.2) is 10.9 Å². The van der Waals surface area contributed by atoms with Crippen molar-refractivity contribution < 1.29 is 4.79 Å². The van der Waals surface area contributed by atoms with Gasteiger partial charge in [-0.1, -0.05) is 38.9 Å². The minimum Gasteiger partial charge on any atom is -0.375 e. The van der Waals surface area contributed by atoms with Gasteiger partial charge in [0.2, 0.25) is 0 Å². The van der Waals surface area contributed by atoms with E-state index in [0.717, 1.165) is 14.7 Å². The molecule has 0 aliphatic heterocycles. The molecule has 1 heterocycles. The van der Waals surface area contributed by atoms with E-state index in [1.54, 1.807) is 30.3 Å². The summed E-state index contributed by atoms with van der Waals surface area (Å²) in [5.74, 6) is -0.233. The van der Waals surface area contributed by atoms with Crippen LogP contribution in [0.1, 0.15) is 10.4 Å². The lowest BCUT2D eigenvalue weighted by Crippen LogP contribution is -2.12. The molecule has 0 unspecified atom stereocenters. The minimum absolute atomic E-state index is 0.233. The number of hydrogen-bond acceptors (Lipinski definition) is 4. The summed E-state index contributed by atoms with van der Waals surface area (Å²) in [6, 6.07) is 10.5. The fourth-order valence-electron chi connectivity index (χ4n) is 1.87. The van der Waals surface area contributed by atoms with E-state index in [2.05, 4.69) is 26.2 Å². The Morgan fingerprint density at radius 3 is 2.90 bits per heavy atom. The van der Waals surface area contributed by atoms with Gasteiger partial charge in [0, 0.05) is 10.0 Å². The number of hydrogen-bond donors (Lipinski definition) is 2. The van der Waals surface area contributed by atoms with E-state index in [-0.39, 0.29) is 5.91 Å². The molecule has 2 aromatic carbocycles. The van der Waals surface area contributed by atoms with Crippen LogP contribution in [0.3, 0.4) is 0 Å². The monoisotopic (exact) mass is 381 g/mol. The maximum absolute atomic E-state index is 12.3. The molecule has 0 radical (unpaired) electrons. The van der Waals surface area contributed by atoms with Crippen LogP contribution in [-0.2, 0) is 0 Å². The van der Waals surface area contributed by atoms with Gasteiger partial charge in [-0.05, 0) is 36.4 Å². The second-order valence-corrected chi connectivity index (χ2v) is 6.70. The zero-order valence-electron chi connectivity index (χ0n) is 10.6. The van der Waals surface area contributed by atoms with Crippen LogP contribution in [0.2, 0.25) is 5.02 Å². The first-order valence-corrected chi connectivity index (χ1v) is 7.94.